The maximum atomic E-state index is 11.6. The molecule has 0 aromatic heterocycles. The molecular weight excluding hydrogens is 186 g/mol. The van der Waals surface area contributed by atoms with E-state index in [0.717, 1.165) is 18.5 Å². The predicted octanol–water partition coefficient (Wildman–Crippen LogP) is 2.64. The van der Waals surface area contributed by atoms with Crippen molar-refractivity contribution in [3.63, 3.8) is 0 Å². The number of piperidine rings is 1. The van der Waals surface area contributed by atoms with Crippen molar-refractivity contribution in [2.24, 2.45) is 5.41 Å². The fourth-order valence-corrected chi connectivity index (χ4v) is 2.64. The highest BCUT2D eigenvalue weighted by molar-refractivity contribution is 5.80. The van der Waals surface area contributed by atoms with Crippen molar-refractivity contribution in [1.82, 2.24) is 4.90 Å². The zero-order valence-corrected chi connectivity index (χ0v) is 9.42. The average Bonchev–Trinajstić information content (AvgIpc) is 2.24. The van der Waals surface area contributed by atoms with Crippen LogP contribution in [0.5, 0.6) is 0 Å². The Kier molecular flexibility index (Phi) is 2.29. The smallest absolute Gasteiger partial charge is 0.226 e. The zero-order valence-electron chi connectivity index (χ0n) is 9.42. The summed E-state index contributed by atoms with van der Waals surface area (Å²) >= 11 is 0. The number of rotatable bonds is 1. The fourth-order valence-electron chi connectivity index (χ4n) is 2.64. The number of carbonyl (C=O) groups is 1. The third-order valence-electron chi connectivity index (χ3n) is 3.65. The SMILES string of the molecule is C=CC1=CCC=C2N(C)C(=O)CCC12C. The minimum atomic E-state index is 0.00264. The lowest BCUT2D eigenvalue weighted by Crippen LogP contribution is -2.42. The van der Waals surface area contributed by atoms with Crippen molar-refractivity contribution in [2.45, 2.75) is 26.2 Å². The van der Waals surface area contributed by atoms with Crippen LogP contribution in [0.1, 0.15) is 26.2 Å². The number of carbonyl (C=O) groups excluding carboxylic acids is 1. The summed E-state index contributed by atoms with van der Waals surface area (Å²) in [7, 11) is 1.87. The lowest BCUT2D eigenvalue weighted by molar-refractivity contribution is -0.131. The van der Waals surface area contributed by atoms with Crippen LogP contribution in [0, 0.1) is 5.41 Å². The van der Waals surface area contributed by atoms with Crippen molar-refractivity contribution in [3.05, 3.63) is 36.1 Å². The summed E-state index contributed by atoms with van der Waals surface area (Å²) in [6.07, 6.45) is 8.74. The fraction of sp³-hybridized carbons (Fsp3) is 0.462. The van der Waals surface area contributed by atoms with E-state index in [1.807, 2.05) is 13.1 Å². The van der Waals surface area contributed by atoms with Crippen LogP contribution in [0.3, 0.4) is 0 Å². The van der Waals surface area contributed by atoms with Crippen LogP contribution in [0.2, 0.25) is 0 Å². The molecule has 1 unspecified atom stereocenters. The van der Waals surface area contributed by atoms with Gasteiger partial charge >= 0.3 is 0 Å². The number of amides is 1. The molecule has 2 aliphatic rings. The second-order valence-corrected chi connectivity index (χ2v) is 4.47. The maximum absolute atomic E-state index is 11.6. The number of nitrogens with zero attached hydrogens (tertiary/aromatic N) is 1. The van der Waals surface area contributed by atoms with Crippen molar-refractivity contribution in [3.8, 4) is 0 Å². The summed E-state index contributed by atoms with van der Waals surface area (Å²) in [5, 5.41) is 0. The van der Waals surface area contributed by atoms with Gasteiger partial charge in [-0.3, -0.25) is 4.79 Å². The molecule has 1 heterocycles. The first-order valence-electron chi connectivity index (χ1n) is 5.40. The van der Waals surface area contributed by atoms with E-state index in [-0.39, 0.29) is 11.3 Å². The molecule has 0 spiro atoms. The van der Waals surface area contributed by atoms with Crippen molar-refractivity contribution in [1.29, 1.82) is 0 Å². The Morgan fingerprint density at radius 3 is 2.93 bits per heavy atom. The molecule has 1 fully saturated rings. The van der Waals surface area contributed by atoms with Gasteiger partial charge in [-0.05, 0) is 25.3 Å². The molecule has 0 saturated carbocycles. The van der Waals surface area contributed by atoms with Crippen LogP contribution in [0.25, 0.3) is 0 Å². The highest BCUT2D eigenvalue weighted by Gasteiger charge is 2.40. The number of hydrogen-bond donors (Lipinski definition) is 0. The monoisotopic (exact) mass is 203 g/mol. The Balaban J connectivity index is 2.43. The lowest BCUT2D eigenvalue weighted by Gasteiger charge is -2.44. The molecule has 80 valence electrons. The molecular formula is C13H17NO. The summed E-state index contributed by atoms with van der Waals surface area (Å²) in [4.78, 5) is 13.4. The number of allylic oxidation sites excluding steroid dienone is 4. The van der Waals surface area contributed by atoms with Gasteiger partial charge in [-0.2, -0.15) is 0 Å². The number of likely N-dealkylation sites (tertiary alicyclic amines) is 1. The number of hydrogen-bond acceptors (Lipinski definition) is 1. The van der Waals surface area contributed by atoms with Gasteiger partial charge < -0.3 is 4.90 Å². The van der Waals surface area contributed by atoms with Gasteiger partial charge in [0.15, 0.2) is 0 Å². The first-order valence-corrected chi connectivity index (χ1v) is 5.40. The Morgan fingerprint density at radius 1 is 1.53 bits per heavy atom. The second kappa shape index (κ2) is 3.37. The van der Waals surface area contributed by atoms with Gasteiger partial charge in [0.1, 0.15) is 0 Å². The lowest BCUT2D eigenvalue weighted by atomic mass is 9.70. The van der Waals surface area contributed by atoms with Gasteiger partial charge in [0, 0.05) is 24.6 Å². The molecule has 2 rings (SSSR count). The highest BCUT2D eigenvalue weighted by atomic mass is 16.2. The van der Waals surface area contributed by atoms with E-state index >= 15 is 0 Å². The summed E-state index contributed by atoms with van der Waals surface area (Å²) < 4.78 is 0. The molecule has 1 saturated heterocycles. The molecule has 2 nitrogen and oxygen atoms in total. The van der Waals surface area contributed by atoms with Gasteiger partial charge in [0.25, 0.3) is 0 Å². The van der Waals surface area contributed by atoms with E-state index in [2.05, 4.69) is 25.7 Å². The van der Waals surface area contributed by atoms with Gasteiger partial charge in [0.05, 0.1) is 0 Å². The molecule has 1 aliphatic heterocycles. The molecule has 1 aliphatic carbocycles. The molecule has 0 N–H and O–H groups in total. The molecule has 15 heavy (non-hydrogen) atoms. The topological polar surface area (TPSA) is 20.3 Å². The van der Waals surface area contributed by atoms with Crippen molar-refractivity contribution in [2.75, 3.05) is 7.05 Å². The van der Waals surface area contributed by atoms with Crippen LogP contribution in [0.4, 0.5) is 0 Å². The molecule has 0 radical (unpaired) electrons. The summed E-state index contributed by atoms with van der Waals surface area (Å²) in [5.41, 5.74) is 2.42. The summed E-state index contributed by atoms with van der Waals surface area (Å²) in [6, 6.07) is 0. The Morgan fingerprint density at radius 2 is 2.27 bits per heavy atom. The third kappa shape index (κ3) is 1.36. The zero-order chi connectivity index (χ0) is 11.1. The van der Waals surface area contributed by atoms with Crippen LogP contribution < -0.4 is 0 Å². The van der Waals surface area contributed by atoms with E-state index in [1.54, 1.807) is 4.90 Å². The standard InChI is InChI=1S/C13H17NO/c1-4-10-6-5-7-11-13(10,2)9-8-12(15)14(11)3/h4,6-7H,1,5,8-9H2,2-3H3. The largest absolute Gasteiger partial charge is 0.319 e. The predicted molar refractivity (Wildman–Crippen MR) is 61.1 cm³/mol. The summed E-state index contributed by atoms with van der Waals surface area (Å²) in [6.45, 7) is 6.07. The molecule has 2 heteroatoms. The highest BCUT2D eigenvalue weighted by Crippen LogP contribution is 2.47. The minimum absolute atomic E-state index is 0.00264. The third-order valence-corrected chi connectivity index (χ3v) is 3.65. The van der Waals surface area contributed by atoms with E-state index < -0.39 is 0 Å². The van der Waals surface area contributed by atoms with Crippen LogP contribution in [-0.2, 0) is 4.79 Å². The Bertz CT molecular complexity index is 378. The molecule has 0 aromatic carbocycles. The molecule has 0 aromatic rings. The first-order chi connectivity index (χ1) is 7.09. The van der Waals surface area contributed by atoms with Crippen LogP contribution >= 0.6 is 0 Å². The van der Waals surface area contributed by atoms with E-state index in [4.69, 9.17) is 0 Å². The summed E-state index contributed by atoms with van der Waals surface area (Å²) in [5.74, 6) is 0.226. The molecule has 1 amide bonds. The van der Waals surface area contributed by atoms with Crippen molar-refractivity contribution < 1.29 is 4.79 Å². The van der Waals surface area contributed by atoms with Crippen molar-refractivity contribution >= 4 is 5.91 Å². The second-order valence-electron chi connectivity index (χ2n) is 4.47. The molecule has 1 atom stereocenters. The van der Waals surface area contributed by atoms with E-state index in [9.17, 15) is 4.79 Å². The first kappa shape index (κ1) is 10.2. The minimum Gasteiger partial charge on any atom is -0.319 e. The van der Waals surface area contributed by atoms with E-state index in [1.165, 1.54) is 5.57 Å². The average molecular weight is 203 g/mol. The van der Waals surface area contributed by atoms with Gasteiger partial charge in [-0.15, -0.1) is 0 Å². The Hall–Kier alpha value is -1.31. The molecule has 0 bridgehead atoms. The van der Waals surface area contributed by atoms with Crippen LogP contribution in [0.15, 0.2) is 36.1 Å². The number of fused-ring (bicyclic) bond motifs is 1. The quantitative estimate of drug-likeness (QED) is 0.641. The Labute approximate surface area is 91.0 Å². The van der Waals surface area contributed by atoms with Gasteiger partial charge in [-0.1, -0.05) is 24.8 Å². The van der Waals surface area contributed by atoms with Crippen LogP contribution in [-0.4, -0.2) is 17.9 Å². The van der Waals surface area contributed by atoms with Gasteiger partial charge in [0.2, 0.25) is 5.91 Å². The van der Waals surface area contributed by atoms with Gasteiger partial charge in [-0.25, -0.2) is 0 Å². The van der Waals surface area contributed by atoms with E-state index in [0.29, 0.717) is 6.42 Å². The normalized spacial score (nSPS) is 30.5. The maximum Gasteiger partial charge on any atom is 0.226 e.